The summed E-state index contributed by atoms with van der Waals surface area (Å²) < 4.78 is 1.69. The van der Waals surface area contributed by atoms with Gasteiger partial charge in [-0.25, -0.2) is 4.79 Å². The maximum absolute atomic E-state index is 12.4. The van der Waals surface area contributed by atoms with Crippen molar-refractivity contribution in [3.05, 3.63) is 76.2 Å². The third-order valence-corrected chi connectivity index (χ3v) is 5.21. The number of rotatable bonds is 3. The van der Waals surface area contributed by atoms with Crippen LogP contribution in [0.2, 0.25) is 0 Å². The standard InChI is InChI=1S/C19H16N2O2S/c22-17-8-4-7-14-15(17)9-10-21-16(14)11-18(20-19(21)23)24-12-13-5-2-1-3-6-13/h1-8,11,22H,9-10,12H2. The highest BCUT2D eigenvalue weighted by atomic mass is 32.2. The Hall–Kier alpha value is -2.53. The molecule has 1 aliphatic rings. The first-order valence-electron chi connectivity index (χ1n) is 7.82. The molecule has 5 heteroatoms. The second kappa shape index (κ2) is 6.17. The van der Waals surface area contributed by atoms with E-state index >= 15 is 0 Å². The number of phenolic OH excluding ortho intramolecular Hbond substituents is 1. The van der Waals surface area contributed by atoms with Crippen molar-refractivity contribution in [3.8, 4) is 17.0 Å². The zero-order valence-corrected chi connectivity index (χ0v) is 13.8. The number of hydrogen-bond acceptors (Lipinski definition) is 4. The van der Waals surface area contributed by atoms with Crippen LogP contribution in [0.15, 0.2) is 64.4 Å². The normalized spacial score (nSPS) is 12.5. The lowest BCUT2D eigenvalue weighted by Crippen LogP contribution is -2.28. The fraction of sp³-hybridized carbons (Fsp3) is 0.158. The van der Waals surface area contributed by atoms with E-state index in [1.165, 1.54) is 5.56 Å². The molecule has 0 unspecified atom stereocenters. The monoisotopic (exact) mass is 336 g/mol. The van der Waals surface area contributed by atoms with Crippen molar-refractivity contribution >= 4 is 11.8 Å². The van der Waals surface area contributed by atoms with Gasteiger partial charge in [0.25, 0.3) is 0 Å². The predicted octanol–water partition coefficient (Wildman–Crippen LogP) is 3.46. The van der Waals surface area contributed by atoms with Crippen LogP contribution in [0.3, 0.4) is 0 Å². The Morgan fingerprint density at radius 2 is 1.96 bits per heavy atom. The van der Waals surface area contributed by atoms with Crippen molar-refractivity contribution < 1.29 is 5.11 Å². The van der Waals surface area contributed by atoms with E-state index in [2.05, 4.69) is 17.1 Å². The number of hydrogen-bond donors (Lipinski definition) is 1. The van der Waals surface area contributed by atoms with Crippen LogP contribution in [0.25, 0.3) is 11.3 Å². The molecule has 1 aliphatic heterocycles. The van der Waals surface area contributed by atoms with Gasteiger partial charge in [0.2, 0.25) is 0 Å². The Morgan fingerprint density at radius 3 is 2.79 bits per heavy atom. The van der Waals surface area contributed by atoms with Gasteiger partial charge < -0.3 is 5.11 Å². The highest BCUT2D eigenvalue weighted by Crippen LogP contribution is 2.35. The van der Waals surface area contributed by atoms with Crippen molar-refractivity contribution in [2.75, 3.05) is 0 Å². The van der Waals surface area contributed by atoms with E-state index in [9.17, 15) is 9.90 Å². The molecule has 0 radical (unpaired) electrons. The quantitative estimate of drug-likeness (QED) is 0.588. The maximum atomic E-state index is 12.4. The summed E-state index contributed by atoms with van der Waals surface area (Å²) in [5.41, 5.74) is 3.63. The molecule has 1 aromatic heterocycles. The van der Waals surface area contributed by atoms with Gasteiger partial charge in [-0.1, -0.05) is 42.5 Å². The molecule has 0 amide bonds. The van der Waals surface area contributed by atoms with Gasteiger partial charge in [-0.05, 0) is 24.1 Å². The van der Waals surface area contributed by atoms with Crippen molar-refractivity contribution in [2.24, 2.45) is 0 Å². The van der Waals surface area contributed by atoms with E-state index in [0.29, 0.717) is 23.7 Å². The molecular formula is C19H16N2O2S. The average Bonchev–Trinajstić information content (AvgIpc) is 2.61. The van der Waals surface area contributed by atoms with Gasteiger partial charge in [-0.3, -0.25) is 4.57 Å². The molecule has 0 bridgehead atoms. The summed E-state index contributed by atoms with van der Waals surface area (Å²) in [7, 11) is 0. The first-order chi connectivity index (χ1) is 11.7. The van der Waals surface area contributed by atoms with E-state index in [1.54, 1.807) is 22.4 Å². The molecule has 4 nitrogen and oxygen atoms in total. The molecule has 0 saturated heterocycles. The summed E-state index contributed by atoms with van der Waals surface area (Å²) in [4.78, 5) is 16.6. The molecule has 24 heavy (non-hydrogen) atoms. The van der Waals surface area contributed by atoms with E-state index in [1.807, 2.05) is 36.4 Å². The third-order valence-electron chi connectivity index (χ3n) is 4.23. The largest absolute Gasteiger partial charge is 0.508 e. The van der Waals surface area contributed by atoms with Gasteiger partial charge in [0.15, 0.2) is 0 Å². The number of benzene rings is 2. The smallest absolute Gasteiger partial charge is 0.349 e. The Bertz CT molecular complexity index is 951. The number of aromatic hydroxyl groups is 1. The molecule has 0 fully saturated rings. The number of nitrogens with zero attached hydrogens (tertiary/aromatic N) is 2. The minimum absolute atomic E-state index is 0.225. The van der Waals surface area contributed by atoms with E-state index in [4.69, 9.17) is 0 Å². The summed E-state index contributed by atoms with van der Waals surface area (Å²) >= 11 is 1.55. The molecule has 120 valence electrons. The van der Waals surface area contributed by atoms with Crippen LogP contribution in [0.4, 0.5) is 0 Å². The molecule has 2 aromatic carbocycles. The number of thioether (sulfide) groups is 1. The van der Waals surface area contributed by atoms with Gasteiger partial charge in [-0.2, -0.15) is 4.98 Å². The van der Waals surface area contributed by atoms with Gasteiger partial charge in [0.1, 0.15) is 10.8 Å². The van der Waals surface area contributed by atoms with Crippen LogP contribution < -0.4 is 5.69 Å². The molecule has 3 aromatic rings. The van der Waals surface area contributed by atoms with E-state index < -0.39 is 0 Å². The second-order valence-electron chi connectivity index (χ2n) is 5.74. The summed E-state index contributed by atoms with van der Waals surface area (Å²) in [5.74, 6) is 1.06. The van der Waals surface area contributed by atoms with Crippen molar-refractivity contribution in [1.29, 1.82) is 0 Å². The van der Waals surface area contributed by atoms with Crippen molar-refractivity contribution in [1.82, 2.24) is 9.55 Å². The zero-order valence-electron chi connectivity index (χ0n) is 13.0. The predicted molar refractivity (Wildman–Crippen MR) is 95.3 cm³/mol. The van der Waals surface area contributed by atoms with Crippen LogP contribution in [-0.2, 0) is 18.7 Å². The first-order valence-corrected chi connectivity index (χ1v) is 8.81. The molecule has 2 heterocycles. The van der Waals surface area contributed by atoms with Gasteiger partial charge >= 0.3 is 5.69 Å². The van der Waals surface area contributed by atoms with Crippen LogP contribution >= 0.6 is 11.8 Å². The van der Waals surface area contributed by atoms with Gasteiger partial charge in [0.05, 0.1) is 5.69 Å². The van der Waals surface area contributed by atoms with E-state index in [-0.39, 0.29) is 5.69 Å². The second-order valence-corrected chi connectivity index (χ2v) is 6.74. The lowest BCUT2D eigenvalue weighted by atomic mass is 9.97. The zero-order chi connectivity index (χ0) is 16.5. The Balaban J connectivity index is 1.71. The summed E-state index contributed by atoms with van der Waals surface area (Å²) in [5, 5.41) is 10.8. The SMILES string of the molecule is O=c1nc(SCc2ccccc2)cc2n1CCc1c(O)cccc1-2. The lowest BCUT2D eigenvalue weighted by Gasteiger charge is -2.22. The maximum Gasteiger partial charge on any atom is 0.349 e. The molecule has 0 saturated carbocycles. The van der Waals surface area contributed by atoms with Crippen LogP contribution in [0, 0.1) is 0 Å². The highest BCUT2D eigenvalue weighted by molar-refractivity contribution is 7.98. The van der Waals surface area contributed by atoms with Crippen LogP contribution in [0.5, 0.6) is 5.75 Å². The number of aromatic nitrogens is 2. The molecule has 0 spiro atoms. The molecule has 4 rings (SSSR count). The first kappa shape index (κ1) is 15.0. The van der Waals surface area contributed by atoms with Crippen molar-refractivity contribution in [2.45, 2.75) is 23.7 Å². The summed E-state index contributed by atoms with van der Waals surface area (Å²) in [6, 6.07) is 17.5. The van der Waals surface area contributed by atoms with Crippen LogP contribution in [0.1, 0.15) is 11.1 Å². The van der Waals surface area contributed by atoms with Crippen molar-refractivity contribution in [3.63, 3.8) is 0 Å². The Kier molecular flexibility index (Phi) is 3.86. The molecule has 1 N–H and O–H groups in total. The van der Waals surface area contributed by atoms with Gasteiger partial charge in [-0.15, -0.1) is 11.8 Å². The average molecular weight is 336 g/mol. The third kappa shape index (κ3) is 2.71. The lowest BCUT2D eigenvalue weighted by molar-refractivity contribution is 0.463. The molecular weight excluding hydrogens is 320 g/mol. The summed E-state index contributed by atoms with van der Waals surface area (Å²) in [6.45, 7) is 0.551. The minimum atomic E-state index is -0.225. The van der Waals surface area contributed by atoms with E-state index in [0.717, 1.165) is 22.6 Å². The molecule has 0 atom stereocenters. The molecule has 0 aliphatic carbocycles. The van der Waals surface area contributed by atoms with Crippen LogP contribution in [-0.4, -0.2) is 14.7 Å². The Labute approximate surface area is 143 Å². The number of phenols is 1. The summed E-state index contributed by atoms with van der Waals surface area (Å²) in [6.07, 6.45) is 0.646. The minimum Gasteiger partial charge on any atom is -0.508 e. The number of fused-ring (bicyclic) bond motifs is 3. The fourth-order valence-corrected chi connectivity index (χ4v) is 3.88. The topological polar surface area (TPSA) is 55.1 Å². The highest BCUT2D eigenvalue weighted by Gasteiger charge is 2.20. The van der Waals surface area contributed by atoms with Gasteiger partial charge in [0, 0.05) is 23.4 Å². The fourth-order valence-electron chi connectivity index (χ4n) is 3.03. The Morgan fingerprint density at radius 1 is 1.12 bits per heavy atom.